The number of hydrogen-bond acceptors (Lipinski definition) is 5. The maximum absolute atomic E-state index is 13.2. The minimum Gasteiger partial charge on any atom is -0.350 e. The summed E-state index contributed by atoms with van der Waals surface area (Å²) in [5.41, 5.74) is 4.62. The van der Waals surface area contributed by atoms with Gasteiger partial charge in [-0.15, -0.1) is 10.2 Å². The van der Waals surface area contributed by atoms with Crippen molar-refractivity contribution in [1.29, 1.82) is 0 Å². The lowest BCUT2D eigenvalue weighted by atomic mass is 9.52. The Morgan fingerprint density at radius 3 is 2.76 bits per heavy atom. The van der Waals surface area contributed by atoms with Gasteiger partial charge in [0.05, 0.1) is 17.2 Å². The van der Waals surface area contributed by atoms with Gasteiger partial charge < -0.3 is 5.32 Å². The van der Waals surface area contributed by atoms with E-state index in [9.17, 15) is 8.78 Å². The lowest BCUT2D eigenvalue weighted by Crippen LogP contribution is -2.57. The fourth-order valence-electron chi connectivity index (χ4n) is 5.01. The van der Waals surface area contributed by atoms with Crippen molar-refractivity contribution in [3.05, 3.63) is 36.7 Å². The highest BCUT2D eigenvalue weighted by molar-refractivity contribution is 5.87. The molecule has 29 heavy (non-hydrogen) atoms. The molecule has 0 bridgehead atoms. The minimum atomic E-state index is -2.46. The number of rotatable bonds is 3. The lowest BCUT2D eigenvalue weighted by Gasteiger charge is -2.57. The highest BCUT2D eigenvalue weighted by Crippen LogP contribution is 2.62. The third-order valence-corrected chi connectivity index (χ3v) is 6.30. The highest BCUT2D eigenvalue weighted by atomic mass is 19.3. The zero-order valence-corrected chi connectivity index (χ0v) is 15.8. The number of aryl methyl sites for hydroxylation is 1. The van der Waals surface area contributed by atoms with Crippen molar-refractivity contribution in [3.8, 4) is 11.1 Å². The third kappa shape index (κ3) is 2.60. The van der Waals surface area contributed by atoms with Crippen LogP contribution in [0.1, 0.15) is 25.7 Å². The van der Waals surface area contributed by atoms with E-state index in [4.69, 9.17) is 0 Å². The van der Waals surface area contributed by atoms with Gasteiger partial charge in [0.2, 0.25) is 11.9 Å². The Hall–Kier alpha value is -3.10. The van der Waals surface area contributed by atoms with E-state index in [0.717, 1.165) is 40.5 Å². The van der Waals surface area contributed by atoms with Gasteiger partial charge in [-0.3, -0.25) is 0 Å². The van der Waals surface area contributed by atoms with E-state index in [1.165, 1.54) is 0 Å². The van der Waals surface area contributed by atoms with Crippen molar-refractivity contribution < 1.29 is 8.78 Å². The first kappa shape index (κ1) is 16.8. The summed E-state index contributed by atoms with van der Waals surface area (Å²) in [6.07, 6.45) is 5.27. The molecule has 1 N–H and O–H groups in total. The highest BCUT2D eigenvalue weighted by Gasteiger charge is 2.61. The molecule has 3 heterocycles. The van der Waals surface area contributed by atoms with E-state index in [0.29, 0.717) is 5.95 Å². The standard InChI is InChI=1S/C20H19F2N7/c1-28-16-6-12(2-3-15(16)25-27-28)14-4-5-29-17(14)9-23-18(26-29)24-13-7-19(8-13)10-20(21,22)11-19/h2-6,9,13H,7-8,10-11H2,1H3,(H,24,26). The smallest absolute Gasteiger partial charge is 0.249 e. The molecular weight excluding hydrogens is 376 g/mol. The van der Waals surface area contributed by atoms with Crippen molar-refractivity contribution in [2.24, 2.45) is 12.5 Å². The first-order valence-corrected chi connectivity index (χ1v) is 9.68. The van der Waals surface area contributed by atoms with Crippen LogP contribution in [0.3, 0.4) is 0 Å². The van der Waals surface area contributed by atoms with E-state index in [1.54, 1.807) is 15.4 Å². The zero-order valence-electron chi connectivity index (χ0n) is 15.8. The number of hydrogen-bond donors (Lipinski definition) is 1. The van der Waals surface area contributed by atoms with Crippen molar-refractivity contribution >= 4 is 22.5 Å². The van der Waals surface area contributed by atoms with Crippen LogP contribution in [-0.4, -0.2) is 41.6 Å². The lowest BCUT2D eigenvalue weighted by molar-refractivity contribution is -0.193. The van der Waals surface area contributed by atoms with Crippen molar-refractivity contribution in [3.63, 3.8) is 0 Å². The molecule has 0 unspecified atom stereocenters. The van der Waals surface area contributed by atoms with Gasteiger partial charge in [0, 0.05) is 37.7 Å². The zero-order chi connectivity index (χ0) is 19.8. The van der Waals surface area contributed by atoms with E-state index < -0.39 is 5.92 Å². The SMILES string of the molecule is Cn1nnc2ccc(-c3ccn4nc(NC5CC6(C5)CC(F)(F)C6)ncc34)cc21. The van der Waals surface area contributed by atoms with Gasteiger partial charge in [-0.1, -0.05) is 11.3 Å². The number of nitrogens with zero attached hydrogens (tertiary/aromatic N) is 6. The first-order valence-electron chi connectivity index (χ1n) is 9.68. The summed E-state index contributed by atoms with van der Waals surface area (Å²) in [4.78, 5) is 4.46. The van der Waals surface area contributed by atoms with Crippen molar-refractivity contribution in [2.75, 3.05) is 5.32 Å². The van der Waals surface area contributed by atoms with Gasteiger partial charge in [-0.25, -0.2) is 23.0 Å². The molecule has 6 rings (SSSR count). The van der Waals surface area contributed by atoms with Crippen LogP contribution in [0.5, 0.6) is 0 Å². The minimum absolute atomic E-state index is 0.0234. The van der Waals surface area contributed by atoms with E-state index in [1.807, 2.05) is 31.4 Å². The average Bonchev–Trinajstić information content (AvgIpc) is 3.22. The molecule has 2 fully saturated rings. The summed E-state index contributed by atoms with van der Waals surface area (Å²) in [5.74, 6) is -1.94. The maximum atomic E-state index is 13.2. The number of benzene rings is 1. The number of fused-ring (bicyclic) bond motifs is 2. The number of nitrogens with one attached hydrogen (secondary N) is 1. The van der Waals surface area contributed by atoms with E-state index >= 15 is 0 Å². The third-order valence-electron chi connectivity index (χ3n) is 6.30. The van der Waals surface area contributed by atoms with Gasteiger partial charge >= 0.3 is 0 Å². The Kier molecular flexibility index (Phi) is 3.18. The Morgan fingerprint density at radius 2 is 1.97 bits per heavy atom. The van der Waals surface area contributed by atoms with Gasteiger partial charge in [0.25, 0.3) is 0 Å². The summed E-state index contributed by atoms with van der Waals surface area (Å²) in [6.45, 7) is 0. The second-order valence-electron chi connectivity index (χ2n) is 8.52. The van der Waals surface area contributed by atoms with Crippen LogP contribution in [0.4, 0.5) is 14.7 Å². The largest absolute Gasteiger partial charge is 0.350 e. The first-order chi connectivity index (χ1) is 13.9. The Morgan fingerprint density at radius 1 is 1.14 bits per heavy atom. The van der Waals surface area contributed by atoms with Gasteiger partial charge in [-0.05, 0) is 42.0 Å². The normalized spacial score (nSPS) is 20.1. The second-order valence-corrected chi connectivity index (χ2v) is 8.52. The van der Waals surface area contributed by atoms with Crippen LogP contribution in [-0.2, 0) is 7.05 Å². The molecule has 0 amide bonds. The van der Waals surface area contributed by atoms with E-state index in [2.05, 4.69) is 31.8 Å². The molecule has 2 aliphatic carbocycles. The molecule has 1 spiro atoms. The van der Waals surface area contributed by atoms with Crippen LogP contribution in [0.2, 0.25) is 0 Å². The molecule has 4 aromatic rings. The summed E-state index contributed by atoms with van der Waals surface area (Å²) in [7, 11) is 1.87. The Balaban J connectivity index is 1.23. The summed E-state index contributed by atoms with van der Waals surface area (Å²) in [6, 6.07) is 8.19. The topological polar surface area (TPSA) is 72.9 Å². The van der Waals surface area contributed by atoms with Crippen LogP contribution >= 0.6 is 0 Å². The average molecular weight is 395 g/mol. The van der Waals surface area contributed by atoms with Gasteiger partial charge in [-0.2, -0.15) is 0 Å². The molecule has 0 atom stereocenters. The maximum Gasteiger partial charge on any atom is 0.249 e. The molecule has 7 nitrogen and oxygen atoms in total. The Bertz CT molecular complexity index is 1240. The predicted octanol–water partition coefficient (Wildman–Crippen LogP) is 3.67. The number of aromatic nitrogens is 6. The molecule has 3 aromatic heterocycles. The van der Waals surface area contributed by atoms with E-state index in [-0.39, 0.29) is 24.3 Å². The molecule has 2 saturated carbocycles. The summed E-state index contributed by atoms with van der Waals surface area (Å²) in [5, 5.41) is 16.0. The molecule has 0 aliphatic heterocycles. The monoisotopic (exact) mass is 395 g/mol. The molecule has 0 radical (unpaired) electrons. The van der Waals surface area contributed by atoms with Crippen molar-refractivity contribution in [2.45, 2.75) is 37.6 Å². The number of alkyl halides is 2. The summed E-state index contributed by atoms with van der Waals surface area (Å²) >= 11 is 0. The molecule has 148 valence electrons. The summed E-state index contributed by atoms with van der Waals surface area (Å²) < 4.78 is 29.9. The van der Waals surface area contributed by atoms with Gasteiger partial charge in [0.1, 0.15) is 5.52 Å². The quantitative estimate of drug-likeness (QED) is 0.573. The molecule has 1 aromatic carbocycles. The molecule has 9 heteroatoms. The van der Waals surface area contributed by atoms with Crippen LogP contribution in [0.15, 0.2) is 36.7 Å². The predicted molar refractivity (Wildman–Crippen MR) is 104 cm³/mol. The molecular formula is C20H19F2N7. The molecule has 2 aliphatic rings. The number of anilines is 1. The fraction of sp³-hybridized carbons (Fsp3) is 0.400. The van der Waals surface area contributed by atoms with Crippen LogP contribution in [0.25, 0.3) is 27.7 Å². The Labute approximate surface area is 164 Å². The second kappa shape index (κ2) is 5.49. The molecule has 0 saturated heterocycles. The van der Waals surface area contributed by atoms with Gasteiger partial charge in [0.15, 0.2) is 0 Å². The van der Waals surface area contributed by atoms with Crippen LogP contribution < -0.4 is 5.32 Å². The number of halogens is 2. The van der Waals surface area contributed by atoms with Crippen LogP contribution in [0, 0.1) is 5.41 Å². The van der Waals surface area contributed by atoms with Crippen molar-refractivity contribution in [1.82, 2.24) is 29.6 Å². The fourth-order valence-corrected chi connectivity index (χ4v) is 5.01.